The Morgan fingerprint density at radius 1 is 0.433 bits per heavy atom. The first-order valence-electron chi connectivity index (χ1n) is 18.0. The average Bonchev–Trinajstić information content (AvgIpc) is 3.24. The summed E-state index contributed by atoms with van der Waals surface area (Å²) < 4.78 is 133. The molecule has 6 aromatic carbocycles. The fourth-order valence-electron chi connectivity index (χ4n) is 6.45. The van der Waals surface area contributed by atoms with Crippen molar-refractivity contribution >= 4 is 131 Å². The Kier molecular flexibility index (Phi) is 14.3. The summed E-state index contributed by atoms with van der Waals surface area (Å²) in [5.74, 6) is -3.20. The molecule has 340 valence electrons. The van der Waals surface area contributed by atoms with Crippen molar-refractivity contribution in [2.75, 3.05) is 21.3 Å². The third kappa shape index (κ3) is 11.1. The maximum Gasteiger partial charge on any atom is 1.00 e. The maximum absolute atomic E-state index is 13.4. The molecule has 27 heteroatoms. The van der Waals surface area contributed by atoms with Crippen LogP contribution in [0.3, 0.4) is 0 Å². The van der Waals surface area contributed by atoms with Gasteiger partial charge in [0.25, 0.3) is 52.3 Å². The monoisotopic (exact) mass is 1040 g/mol. The predicted molar refractivity (Wildman–Crippen MR) is 239 cm³/mol. The van der Waals surface area contributed by atoms with E-state index in [1.165, 1.54) is 72.8 Å². The van der Waals surface area contributed by atoms with Gasteiger partial charge in [0.2, 0.25) is 11.6 Å². The number of halogens is 2. The number of amides is 2. The number of hydrogen-bond donors (Lipinski definition) is 8. The summed E-state index contributed by atoms with van der Waals surface area (Å²) in [7, 11) is -19.7. The van der Waals surface area contributed by atoms with Gasteiger partial charge in [-0.15, -0.1) is 0 Å². The number of ketones is 2. The smallest absolute Gasteiger partial charge is 0.351 e. The molecule has 7 rings (SSSR count). The summed E-state index contributed by atoms with van der Waals surface area (Å²) in [4.78, 5) is 49.7. The van der Waals surface area contributed by atoms with Gasteiger partial charge >= 0.3 is 29.6 Å². The molecular weight excluding hydrogens is 1010 g/mol. The van der Waals surface area contributed by atoms with Gasteiger partial charge in [0.15, 0.2) is 0 Å². The van der Waals surface area contributed by atoms with Gasteiger partial charge < -0.3 is 21.3 Å². The fraction of sp³-hybridized carbons (Fsp3) is 0. The molecule has 0 fully saturated rings. The van der Waals surface area contributed by atoms with Crippen LogP contribution in [-0.4, -0.2) is 75.3 Å². The molecule has 20 nitrogen and oxygen atoms in total. The van der Waals surface area contributed by atoms with Crippen molar-refractivity contribution < 1.29 is 101 Å². The van der Waals surface area contributed by atoms with E-state index < -0.39 is 105 Å². The van der Waals surface area contributed by atoms with Crippen LogP contribution in [-0.2, 0) is 50.1 Å². The second kappa shape index (κ2) is 18.8. The van der Waals surface area contributed by atoms with E-state index in [2.05, 4.69) is 21.3 Å². The molecule has 0 aromatic heterocycles. The first-order valence-corrected chi connectivity index (χ1v) is 24.5. The summed E-state index contributed by atoms with van der Waals surface area (Å²) in [6.07, 6.45) is 0. The Labute approximate surface area is 411 Å². The molecule has 8 N–H and O–H groups in total. The van der Waals surface area contributed by atoms with Crippen molar-refractivity contribution in [2.24, 2.45) is 0 Å². The van der Waals surface area contributed by atoms with E-state index in [1.54, 1.807) is 0 Å². The molecular formula is C40H26Cl2N4NaO16S4+. The topological polar surface area (TPSA) is 334 Å². The number of hydrogen-bond acceptors (Lipinski definition) is 14. The van der Waals surface area contributed by atoms with Gasteiger partial charge in [0.05, 0.1) is 9.79 Å². The molecule has 0 saturated carbocycles. The Bertz CT molecular complexity index is 3440. The minimum atomic E-state index is -4.99. The third-order valence-corrected chi connectivity index (χ3v) is 13.7. The van der Waals surface area contributed by atoms with Crippen molar-refractivity contribution in [1.29, 1.82) is 0 Å². The molecule has 0 bridgehead atoms. The van der Waals surface area contributed by atoms with Gasteiger partial charge in [-0.1, -0.05) is 35.3 Å². The summed E-state index contributed by atoms with van der Waals surface area (Å²) in [6.45, 7) is 0. The van der Waals surface area contributed by atoms with Crippen LogP contribution in [0.15, 0.2) is 150 Å². The summed E-state index contributed by atoms with van der Waals surface area (Å²) >= 11 is 12.7. The van der Waals surface area contributed by atoms with Crippen LogP contribution in [0.4, 0.5) is 22.7 Å². The number of fused-ring (bicyclic) bond motifs is 2. The van der Waals surface area contributed by atoms with E-state index in [1.807, 2.05) is 0 Å². The van der Waals surface area contributed by atoms with Crippen LogP contribution in [0.1, 0.15) is 20.7 Å². The second-order valence-corrected chi connectivity index (χ2v) is 20.3. The zero-order chi connectivity index (χ0) is 48.3. The van der Waals surface area contributed by atoms with Crippen molar-refractivity contribution in [3.63, 3.8) is 0 Å². The molecule has 67 heavy (non-hydrogen) atoms. The summed E-state index contributed by atoms with van der Waals surface area (Å²) in [5, 5.41) is 9.01. The third-order valence-electron chi connectivity index (χ3n) is 9.57. The average molecular weight is 1040 g/mol. The van der Waals surface area contributed by atoms with E-state index in [-0.39, 0.29) is 85.0 Å². The van der Waals surface area contributed by atoms with Crippen molar-refractivity contribution in [2.45, 2.75) is 19.6 Å². The van der Waals surface area contributed by atoms with Gasteiger partial charge in [-0.25, -0.2) is 0 Å². The number of anilines is 4. The molecule has 0 heterocycles. The first-order chi connectivity index (χ1) is 30.7. The Morgan fingerprint density at radius 3 is 1.04 bits per heavy atom. The van der Waals surface area contributed by atoms with Crippen LogP contribution in [0.5, 0.6) is 0 Å². The minimum absolute atomic E-state index is 0. The number of Topliss-reactive ketones (excluding diaryl/α,β-unsaturated/α-hetero) is 2. The quantitative estimate of drug-likeness (QED) is 0.0496. The largest absolute Gasteiger partial charge is 1.00 e. The molecule has 0 spiro atoms. The van der Waals surface area contributed by atoms with Gasteiger partial charge in [0.1, 0.15) is 31.2 Å². The molecule has 0 atom stereocenters. The normalized spacial score (nSPS) is 13.6. The predicted octanol–water partition coefficient (Wildman–Crippen LogP) is 3.07. The van der Waals surface area contributed by atoms with Crippen molar-refractivity contribution in [3.05, 3.63) is 142 Å². The zero-order valence-corrected chi connectivity index (χ0v) is 40.2. The van der Waals surface area contributed by atoms with E-state index in [0.29, 0.717) is 12.1 Å². The zero-order valence-electron chi connectivity index (χ0n) is 33.5. The van der Waals surface area contributed by atoms with E-state index in [4.69, 9.17) is 23.2 Å². The van der Waals surface area contributed by atoms with Crippen LogP contribution in [0.25, 0.3) is 21.5 Å². The minimum Gasteiger partial charge on any atom is -0.351 e. The van der Waals surface area contributed by atoms with Crippen LogP contribution < -0.4 is 50.8 Å². The number of carbonyl (C=O) groups excluding carboxylic acids is 4. The maximum atomic E-state index is 13.4. The van der Waals surface area contributed by atoms with E-state index >= 15 is 0 Å². The standard InChI is InChI=1S/C40H26Cl2N4O16S4.Na/c41-33-35(43-23-7-1-19(2-8-23)39(49)45-25-11-5-21-13-27(63(51,52)53)17-31(29(21)15-25)65(57,58)59)37(47)34(42)36(38(33)48)44-24-9-3-20(4-10-24)40(50)46-26-12-6-22-14-28(64(54,55)56)18-32(30(22)16-26)66(60,61)62;/h1-18,43-44H,(H,45,49)(H,46,50)(H,51,52,53)(H,54,55,56)(H,57,58,59)(H,60,61,62);/q;+1. The first kappa shape index (κ1) is 50.8. The van der Waals surface area contributed by atoms with Crippen LogP contribution in [0.2, 0.25) is 0 Å². The van der Waals surface area contributed by atoms with Crippen LogP contribution in [0, 0.1) is 0 Å². The molecule has 1 aliphatic carbocycles. The SMILES string of the molecule is O=C1C(Cl)=C(Nc2ccc(C(=O)Nc3ccc4cc(S(=O)(=O)O)cc(S(=O)(=O)O)c4c3)cc2)C(=O)C(Cl)=C1Nc1ccc(C(=O)Nc2ccc3cc(S(=O)(=O)O)cc(S(=O)(=O)O)c3c2)cc1.[Na+]. The number of allylic oxidation sites excluding steroid dienone is 2. The van der Waals surface area contributed by atoms with Gasteiger partial charge in [-0.2, -0.15) is 33.7 Å². The molecule has 0 aliphatic heterocycles. The Balaban J connectivity index is 0.00000741. The van der Waals surface area contributed by atoms with E-state index in [9.17, 15) is 71.1 Å². The molecule has 1 aliphatic rings. The molecule has 2 amide bonds. The number of rotatable bonds is 12. The van der Waals surface area contributed by atoms with Gasteiger partial charge in [-0.05, 0) is 108 Å². The van der Waals surface area contributed by atoms with Crippen molar-refractivity contribution in [1.82, 2.24) is 0 Å². The summed E-state index contributed by atoms with van der Waals surface area (Å²) in [6, 6.07) is 21.3. The number of carbonyl (C=O) groups is 4. The number of benzene rings is 6. The fourth-order valence-corrected chi connectivity index (χ4v) is 9.60. The molecule has 0 unspecified atom stereocenters. The second-order valence-electron chi connectivity index (χ2n) is 14.0. The summed E-state index contributed by atoms with van der Waals surface area (Å²) in [5.41, 5.74) is -0.251. The molecule has 6 aromatic rings. The molecule has 0 radical (unpaired) electrons. The Morgan fingerprint density at radius 2 is 0.746 bits per heavy atom. The number of nitrogens with one attached hydrogen (secondary N) is 4. The Hall–Kier alpha value is -5.58. The van der Waals surface area contributed by atoms with Gasteiger partial charge in [0, 0.05) is 44.6 Å². The van der Waals surface area contributed by atoms with Gasteiger partial charge in [-0.3, -0.25) is 37.4 Å². The van der Waals surface area contributed by atoms with E-state index in [0.717, 1.165) is 24.3 Å². The van der Waals surface area contributed by atoms with Crippen molar-refractivity contribution in [3.8, 4) is 0 Å². The van der Waals surface area contributed by atoms with Crippen LogP contribution >= 0.6 is 23.2 Å². The molecule has 0 saturated heterocycles.